The van der Waals surface area contributed by atoms with Gasteiger partial charge < -0.3 is 10.6 Å². The van der Waals surface area contributed by atoms with Gasteiger partial charge in [0.2, 0.25) is 5.91 Å². The number of hydrogen-bond acceptors (Lipinski definition) is 3. The third-order valence-electron chi connectivity index (χ3n) is 4.88. The van der Waals surface area contributed by atoms with Crippen LogP contribution in [-0.4, -0.2) is 49.6 Å². The van der Waals surface area contributed by atoms with Crippen LogP contribution in [0.1, 0.15) is 32.1 Å². The second kappa shape index (κ2) is 5.57. The van der Waals surface area contributed by atoms with Gasteiger partial charge in [0.25, 0.3) is 0 Å². The molecule has 1 saturated carbocycles. The second-order valence-corrected chi connectivity index (χ2v) is 6.19. The lowest BCUT2D eigenvalue weighted by molar-refractivity contribution is -0.123. The van der Waals surface area contributed by atoms with Crippen LogP contribution in [0, 0.1) is 11.8 Å². The number of amides is 1. The van der Waals surface area contributed by atoms with Crippen LogP contribution >= 0.6 is 0 Å². The maximum Gasteiger partial charge on any atom is 0.234 e. The summed E-state index contributed by atoms with van der Waals surface area (Å²) in [5.41, 5.74) is 0. The Morgan fingerprint density at radius 3 is 2.44 bits per heavy atom. The van der Waals surface area contributed by atoms with Crippen molar-refractivity contribution in [3.63, 3.8) is 0 Å². The molecule has 1 aliphatic carbocycles. The standard InChI is InChI=1S/C14H25N3O/c18-13(10-17-6-2-1-3-7-17)16-14-11-4-5-12(14)9-15-8-11/h11-12,14-15H,1-10H2,(H,16,18). The number of rotatable bonds is 3. The monoisotopic (exact) mass is 251 g/mol. The minimum absolute atomic E-state index is 0.251. The van der Waals surface area contributed by atoms with Crippen LogP contribution in [0.2, 0.25) is 0 Å². The first-order valence-corrected chi connectivity index (χ1v) is 7.55. The Balaban J connectivity index is 1.48. The quantitative estimate of drug-likeness (QED) is 0.771. The minimum Gasteiger partial charge on any atom is -0.352 e. The molecule has 1 amide bonds. The Hall–Kier alpha value is -0.610. The summed E-state index contributed by atoms with van der Waals surface area (Å²) < 4.78 is 0. The summed E-state index contributed by atoms with van der Waals surface area (Å²) in [6, 6.07) is 0.448. The van der Waals surface area contributed by atoms with Gasteiger partial charge in [0.15, 0.2) is 0 Å². The fraction of sp³-hybridized carbons (Fsp3) is 0.929. The summed E-state index contributed by atoms with van der Waals surface area (Å²) in [5, 5.41) is 6.78. The highest BCUT2D eigenvalue weighted by Crippen LogP contribution is 2.33. The molecule has 3 rings (SSSR count). The van der Waals surface area contributed by atoms with Crippen molar-refractivity contribution >= 4 is 5.91 Å². The van der Waals surface area contributed by atoms with Crippen molar-refractivity contribution in [2.75, 3.05) is 32.7 Å². The maximum absolute atomic E-state index is 12.1. The summed E-state index contributed by atoms with van der Waals surface area (Å²) >= 11 is 0. The topological polar surface area (TPSA) is 44.4 Å². The molecule has 2 atom stereocenters. The Morgan fingerprint density at radius 2 is 1.78 bits per heavy atom. The van der Waals surface area contributed by atoms with Crippen LogP contribution in [0.25, 0.3) is 0 Å². The molecular formula is C14H25N3O. The largest absolute Gasteiger partial charge is 0.352 e. The molecule has 0 aromatic carbocycles. The first-order valence-electron chi connectivity index (χ1n) is 7.55. The molecule has 0 aromatic rings. The summed E-state index contributed by atoms with van der Waals surface area (Å²) in [4.78, 5) is 14.4. The van der Waals surface area contributed by atoms with Gasteiger partial charge in [-0.3, -0.25) is 9.69 Å². The fourth-order valence-corrected chi connectivity index (χ4v) is 3.87. The van der Waals surface area contributed by atoms with E-state index in [9.17, 15) is 4.79 Å². The van der Waals surface area contributed by atoms with Crippen molar-refractivity contribution in [3.8, 4) is 0 Å². The van der Waals surface area contributed by atoms with Crippen molar-refractivity contribution in [1.29, 1.82) is 0 Å². The lowest BCUT2D eigenvalue weighted by Crippen LogP contribution is -2.53. The van der Waals surface area contributed by atoms with Crippen LogP contribution in [0.3, 0.4) is 0 Å². The van der Waals surface area contributed by atoms with Gasteiger partial charge in [-0.15, -0.1) is 0 Å². The summed E-state index contributed by atoms with van der Waals surface area (Å²) in [6.45, 7) is 5.00. The molecule has 102 valence electrons. The second-order valence-electron chi connectivity index (χ2n) is 6.19. The number of fused-ring (bicyclic) bond motifs is 2. The van der Waals surface area contributed by atoms with Gasteiger partial charge in [0.1, 0.15) is 0 Å². The Labute approximate surface area is 109 Å². The van der Waals surface area contributed by atoms with Crippen LogP contribution in [0.4, 0.5) is 0 Å². The molecular weight excluding hydrogens is 226 g/mol. The van der Waals surface area contributed by atoms with E-state index in [0.29, 0.717) is 24.4 Å². The molecule has 3 aliphatic rings. The van der Waals surface area contributed by atoms with Crippen LogP contribution in [-0.2, 0) is 4.79 Å². The van der Waals surface area contributed by atoms with Gasteiger partial charge in [-0.2, -0.15) is 0 Å². The number of hydrogen-bond donors (Lipinski definition) is 2. The lowest BCUT2D eigenvalue weighted by atomic mass is 9.93. The van der Waals surface area contributed by atoms with E-state index in [2.05, 4.69) is 15.5 Å². The summed E-state index contributed by atoms with van der Waals surface area (Å²) in [7, 11) is 0. The first-order chi connectivity index (χ1) is 8.83. The summed E-state index contributed by atoms with van der Waals surface area (Å²) in [6.07, 6.45) is 6.41. The highest BCUT2D eigenvalue weighted by Gasteiger charge is 2.39. The van der Waals surface area contributed by atoms with E-state index >= 15 is 0 Å². The molecule has 4 heteroatoms. The number of likely N-dealkylation sites (tertiary alicyclic amines) is 1. The van der Waals surface area contributed by atoms with Crippen molar-refractivity contribution in [3.05, 3.63) is 0 Å². The molecule has 3 fully saturated rings. The number of nitrogens with zero attached hydrogens (tertiary/aromatic N) is 1. The highest BCUT2D eigenvalue weighted by molar-refractivity contribution is 5.78. The van der Waals surface area contributed by atoms with Gasteiger partial charge in [0.05, 0.1) is 6.54 Å². The molecule has 2 saturated heterocycles. The zero-order valence-corrected chi connectivity index (χ0v) is 11.2. The predicted molar refractivity (Wildman–Crippen MR) is 71.3 cm³/mol. The van der Waals surface area contributed by atoms with Crippen molar-refractivity contribution < 1.29 is 4.79 Å². The van der Waals surface area contributed by atoms with Gasteiger partial charge in [-0.1, -0.05) is 6.42 Å². The molecule has 18 heavy (non-hydrogen) atoms. The highest BCUT2D eigenvalue weighted by atomic mass is 16.2. The molecule has 2 N–H and O–H groups in total. The lowest BCUT2D eigenvalue weighted by Gasteiger charge is -2.33. The predicted octanol–water partition coefficient (Wildman–Crippen LogP) is 0.587. The van der Waals surface area contributed by atoms with Gasteiger partial charge in [-0.05, 0) is 63.7 Å². The van der Waals surface area contributed by atoms with E-state index < -0.39 is 0 Å². The van der Waals surface area contributed by atoms with Crippen molar-refractivity contribution in [1.82, 2.24) is 15.5 Å². The van der Waals surface area contributed by atoms with E-state index in [0.717, 1.165) is 26.2 Å². The normalized spacial score (nSPS) is 36.6. The Kier molecular flexibility index (Phi) is 3.85. The fourth-order valence-electron chi connectivity index (χ4n) is 3.87. The van der Waals surface area contributed by atoms with E-state index in [4.69, 9.17) is 0 Å². The smallest absolute Gasteiger partial charge is 0.234 e. The molecule has 0 spiro atoms. The zero-order chi connectivity index (χ0) is 12.4. The average Bonchev–Trinajstić information content (AvgIpc) is 2.62. The SMILES string of the molecule is O=C(CN1CCCCC1)NC1C2CCC1CNC2. The third kappa shape index (κ3) is 2.69. The van der Waals surface area contributed by atoms with Crippen molar-refractivity contribution in [2.45, 2.75) is 38.1 Å². The van der Waals surface area contributed by atoms with Gasteiger partial charge >= 0.3 is 0 Å². The molecule has 2 aliphatic heterocycles. The molecule has 0 radical (unpaired) electrons. The first kappa shape index (κ1) is 12.4. The van der Waals surface area contributed by atoms with Crippen LogP contribution in [0.15, 0.2) is 0 Å². The molecule has 0 aromatic heterocycles. The Bertz CT molecular complexity index is 285. The molecule has 4 nitrogen and oxygen atoms in total. The number of nitrogens with one attached hydrogen (secondary N) is 2. The van der Waals surface area contributed by atoms with E-state index in [1.807, 2.05) is 0 Å². The maximum atomic E-state index is 12.1. The third-order valence-corrected chi connectivity index (χ3v) is 4.88. The zero-order valence-electron chi connectivity index (χ0n) is 11.2. The average molecular weight is 251 g/mol. The molecule has 2 bridgehead atoms. The van der Waals surface area contributed by atoms with E-state index in [1.165, 1.54) is 32.1 Å². The van der Waals surface area contributed by atoms with E-state index in [-0.39, 0.29) is 5.91 Å². The Morgan fingerprint density at radius 1 is 1.11 bits per heavy atom. The summed E-state index contributed by atoms with van der Waals surface area (Å²) in [5.74, 6) is 1.60. The number of carbonyl (C=O) groups is 1. The van der Waals surface area contributed by atoms with Crippen molar-refractivity contribution in [2.24, 2.45) is 11.8 Å². The van der Waals surface area contributed by atoms with E-state index in [1.54, 1.807) is 0 Å². The number of carbonyl (C=O) groups excluding carboxylic acids is 1. The van der Waals surface area contributed by atoms with Gasteiger partial charge in [0, 0.05) is 6.04 Å². The minimum atomic E-state index is 0.251. The van der Waals surface area contributed by atoms with Gasteiger partial charge in [-0.25, -0.2) is 0 Å². The van der Waals surface area contributed by atoms with Crippen LogP contribution in [0.5, 0.6) is 0 Å². The number of piperidine rings is 2. The molecule has 2 heterocycles. The molecule has 2 unspecified atom stereocenters. The van der Waals surface area contributed by atoms with Crippen LogP contribution < -0.4 is 10.6 Å².